The zero-order valence-corrected chi connectivity index (χ0v) is 7.48. The van der Waals surface area contributed by atoms with E-state index in [2.05, 4.69) is 42.7 Å². The average molecular weight is 155 g/mol. The Kier molecular flexibility index (Phi) is 2.46. The summed E-state index contributed by atoms with van der Waals surface area (Å²) in [5, 5.41) is 4.32. The largest absolute Gasteiger partial charge is 0.303 e. The molecule has 0 fully saturated rings. The summed E-state index contributed by atoms with van der Waals surface area (Å²) >= 11 is 1.76. The molecule has 10 heavy (non-hydrogen) atoms. The molecule has 1 unspecified atom stereocenters. The average Bonchev–Trinajstić information content (AvgIpc) is 2.36. The molecule has 0 amide bonds. The minimum Gasteiger partial charge on any atom is -0.303 e. The van der Waals surface area contributed by atoms with Crippen LogP contribution in [-0.2, 0) is 0 Å². The molecule has 1 aromatic rings. The second kappa shape index (κ2) is 3.17. The molecule has 0 saturated heterocycles. The van der Waals surface area contributed by atoms with E-state index >= 15 is 0 Å². The number of hydrogen-bond acceptors (Lipinski definition) is 2. The molecule has 56 valence electrons. The van der Waals surface area contributed by atoms with Crippen LogP contribution in [0.2, 0.25) is 0 Å². The van der Waals surface area contributed by atoms with E-state index in [4.69, 9.17) is 0 Å². The van der Waals surface area contributed by atoms with Gasteiger partial charge in [-0.05, 0) is 43.4 Å². The molecule has 0 N–H and O–H groups in total. The fourth-order valence-electron chi connectivity index (χ4n) is 0.811. The summed E-state index contributed by atoms with van der Waals surface area (Å²) in [6, 6.07) is 2.72. The molecule has 2 heteroatoms. The second-order valence-electron chi connectivity index (χ2n) is 2.70. The van der Waals surface area contributed by atoms with Gasteiger partial charge in [0, 0.05) is 6.04 Å². The predicted octanol–water partition coefficient (Wildman–Crippen LogP) is 2.37. The fraction of sp³-hybridized carbons (Fsp3) is 0.500. The van der Waals surface area contributed by atoms with Gasteiger partial charge in [-0.3, -0.25) is 0 Å². The lowest BCUT2D eigenvalue weighted by Crippen LogP contribution is -2.15. The molecule has 0 aliphatic carbocycles. The summed E-state index contributed by atoms with van der Waals surface area (Å²) in [5.41, 5.74) is 1.41. The van der Waals surface area contributed by atoms with Crippen LogP contribution < -0.4 is 0 Å². The molecule has 0 aliphatic heterocycles. The molecular weight excluding hydrogens is 142 g/mol. The van der Waals surface area contributed by atoms with Gasteiger partial charge in [-0.25, -0.2) is 0 Å². The zero-order valence-electron chi connectivity index (χ0n) is 6.66. The molecule has 0 spiro atoms. The van der Waals surface area contributed by atoms with Crippen LogP contribution in [0.5, 0.6) is 0 Å². The summed E-state index contributed by atoms with van der Waals surface area (Å²) in [6.07, 6.45) is 0. The van der Waals surface area contributed by atoms with E-state index in [0.29, 0.717) is 6.04 Å². The van der Waals surface area contributed by atoms with Crippen molar-refractivity contribution in [1.82, 2.24) is 4.90 Å². The van der Waals surface area contributed by atoms with Crippen molar-refractivity contribution >= 4 is 11.3 Å². The van der Waals surface area contributed by atoms with Crippen molar-refractivity contribution in [2.45, 2.75) is 13.0 Å². The highest BCUT2D eigenvalue weighted by atomic mass is 32.1. The van der Waals surface area contributed by atoms with Crippen LogP contribution in [0.4, 0.5) is 0 Å². The Balaban J connectivity index is 2.68. The van der Waals surface area contributed by atoms with Gasteiger partial charge in [-0.15, -0.1) is 0 Å². The highest BCUT2D eigenvalue weighted by molar-refractivity contribution is 7.07. The van der Waals surface area contributed by atoms with Crippen LogP contribution >= 0.6 is 11.3 Å². The number of hydrogen-bond donors (Lipinski definition) is 0. The second-order valence-corrected chi connectivity index (χ2v) is 3.48. The summed E-state index contributed by atoms with van der Waals surface area (Å²) in [4.78, 5) is 2.21. The number of rotatable bonds is 2. The first kappa shape index (κ1) is 7.76. The highest BCUT2D eigenvalue weighted by Crippen LogP contribution is 2.19. The Morgan fingerprint density at radius 1 is 1.50 bits per heavy atom. The van der Waals surface area contributed by atoms with Crippen molar-refractivity contribution in [3.8, 4) is 0 Å². The first-order valence-electron chi connectivity index (χ1n) is 3.40. The lowest BCUT2D eigenvalue weighted by atomic mass is 10.2. The SMILES string of the molecule is CC(c1ccsc1)N(C)C. The topological polar surface area (TPSA) is 3.24 Å². The molecule has 0 aliphatic rings. The van der Waals surface area contributed by atoms with Crippen LogP contribution in [0.25, 0.3) is 0 Å². The van der Waals surface area contributed by atoms with Gasteiger partial charge in [0.2, 0.25) is 0 Å². The van der Waals surface area contributed by atoms with Gasteiger partial charge in [-0.2, -0.15) is 11.3 Å². The summed E-state index contributed by atoms with van der Waals surface area (Å²) < 4.78 is 0. The molecule has 1 rings (SSSR count). The standard InChI is InChI=1S/C8H13NS/c1-7(9(2)3)8-4-5-10-6-8/h4-7H,1-3H3. The third-order valence-electron chi connectivity index (χ3n) is 1.80. The van der Waals surface area contributed by atoms with E-state index in [0.717, 1.165) is 0 Å². The third-order valence-corrected chi connectivity index (χ3v) is 2.50. The Bertz CT molecular complexity index is 179. The Morgan fingerprint density at radius 3 is 2.60 bits per heavy atom. The van der Waals surface area contributed by atoms with Crippen molar-refractivity contribution in [1.29, 1.82) is 0 Å². The van der Waals surface area contributed by atoms with Crippen LogP contribution in [-0.4, -0.2) is 19.0 Å². The van der Waals surface area contributed by atoms with Crippen LogP contribution in [0.15, 0.2) is 16.8 Å². The maximum atomic E-state index is 2.21. The Hall–Kier alpha value is -0.340. The van der Waals surface area contributed by atoms with Crippen molar-refractivity contribution in [3.05, 3.63) is 22.4 Å². The van der Waals surface area contributed by atoms with E-state index < -0.39 is 0 Å². The third kappa shape index (κ3) is 1.58. The van der Waals surface area contributed by atoms with Gasteiger partial charge in [0.05, 0.1) is 0 Å². The van der Waals surface area contributed by atoms with Crippen LogP contribution in [0.1, 0.15) is 18.5 Å². The van der Waals surface area contributed by atoms with E-state index in [1.807, 2.05) is 0 Å². The molecule has 0 aromatic carbocycles. The normalized spacial score (nSPS) is 14.0. The lowest BCUT2D eigenvalue weighted by Gasteiger charge is -2.17. The molecule has 1 heterocycles. The molecule has 0 saturated carbocycles. The van der Waals surface area contributed by atoms with Gasteiger partial charge in [0.15, 0.2) is 0 Å². The smallest absolute Gasteiger partial charge is 0.0322 e. The van der Waals surface area contributed by atoms with Crippen LogP contribution in [0, 0.1) is 0 Å². The van der Waals surface area contributed by atoms with Crippen molar-refractivity contribution in [3.63, 3.8) is 0 Å². The van der Waals surface area contributed by atoms with E-state index in [-0.39, 0.29) is 0 Å². The van der Waals surface area contributed by atoms with Gasteiger partial charge in [0.1, 0.15) is 0 Å². The minimum atomic E-state index is 0.547. The molecule has 0 radical (unpaired) electrons. The molecule has 1 aromatic heterocycles. The van der Waals surface area contributed by atoms with Gasteiger partial charge < -0.3 is 4.90 Å². The predicted molar refractivity (Wildman–Crippen MR) is 46.4 cm³/mol. The summed E-state index contributed by atoms with van der Waals surface area (Å²) in [6.45, 7) is 2.21. The maximum absolute atomic E-state index is 2.21. The number of thiophene rings is 1. The van der Waals surface area contributed by atoms with Crippen molar-refractivity contribution in [2.75, 3.05) is 14.1 Å². The van der Waals surface area contributed by atoms with E-state index in [9.17, 15) is 0 Å². The van der Waals surface area contributed by atoms with Crippen molar-refractivity contribution < 1.29 is 0 Å². The van der Waals surface area contributed by atoms with Gasteiger partial charge in [-0.1, -0.05) is 0 Å². The van der Waals surface area contributed by atoms with E-state index in [1.54, 1.807) is 11.3 Å². The van der Waals surface area contributed by atoms with Gasteiger partial charge >= 0.3 is 0 Å². The molecule has 0 bridgehead atoms. The zero-order chi connectivity index (χ0) is 7.56. The summed E-state index contributed by atoms with van der Waals surface area (Å²) in [7, 11) is 4.20. The quantitative estimate of drug-likeness (QED) is 0.633. The first-order valence-corrected chi connectivity index (χ1v) is 4.34. The van der Waals surface area contributed by atoms with Gasteiger partial charge in [0.25, 0.3) is 0 Å². The Labute approximate surface area is 66.3 Å². The van der Waals surface area contributed by atoms with E-state index in [1.165, 1.54) is 5.56 Å². The molecule has 1 nitrogen and oxygen atoms in total. The maximum Gasteiger partial charge on any atom is 0.0322 e. The van der Waals surface area contributed by atoms with Crippen LogP contribution in [0.3, 0.4) is 0 Å². The Morgan fingerprint density at radius 2 is 2.20 bits per heavy atom. The first-order chi connectivity index (χ1) is 4.72. The fourth-order valence-corrected chi connectivity index (χ4v) is 1.56. The molecular formula is C8H13NS. The monoisotopic (exact) mass is 155 g/mol. The lowest BCUT2D eigenvalue weighted by molar-refractivity contribution is 0.322. The minimum absolute atomic E-state index is 0.547. The van der Waals surface area contributed by atoms with Crippen molar-refractivity contribution in [2.24, 2.45) is 0 Å². The number of nitrogens with zero attached hydrogens (tertiary/aromatic N) is 1. The summed E-state index contributed by atoms with van der Waals surface area (Å²) in [5.74, 6) is 0. The highest BCUT2D eigenvalue weighted by Gasteiger charge is 2.06. The molecule has 1 atom stereocenters.